The molecular weight excluding hydrogens is 120 g/mol. The molecule has 0 heterocycles. The lowest BCUT2D eigenvalue weighted by molar-refractivity contribution is -0.107. The van der Waals surface area contributed by atoms with Crippen molar-refractivity contribution in [1.29, 1.82) is 0 Å². The Kier molecular flexibility index (Phi) is 4.76. The Morgan fingerprint density at radius 3 is 2.88 bits per heavy atom. The van der Waals surface area contributed by atoms with Crippen molar-refractivity contribution >= 4 is 16.9 Å². The molecule has 2 heteroatoms. The van der Waals surface area contributed by atoms with Crippen molar-refractivity contribution in [2.75, 3.05) is 5.75 Å². The summed E-state index contributed by atoms with van der Waals surface area (Å²) in [6.45, 7) is 5.39. The highest BCUT2D eigenvalue weighted by atomic mass is 32.2. The third-order valence-electron chi connectivity index (χ3n) is 0.615. The highest BCUT2D eigenvalue weighted by Gasteiger charge is 1.91. The van der Waals surface area contributed by atoms with Crippen LogP contribution in [-0.4, -0.2) is 10.9 Å². The fraction of sp³-hybridized carbons (Fsp3) is 0.500. The molecule has 0 aliphatic rings. The molecule has 0 aromatic heterocycles. The standard InChI is InChI=1S/C6H10OS/c1-3-5-8-6(7)4-2/h4H,2-3,5H2,1H3. The second-order valence-corrected chi connectivity index (χ2v) is 2.47. The molecular formula is C6H10OS. The zero-order valence-electron chi connectivity index (χ0n) is 5.02. The Bertz CT molecular complexity index is 88.5. The van der Waals surface area contributed by atoms with Crippen LogP contribution in [0.3, 0.4) is 0 Å². The summed E-state index contributed by atoms with van der Waals surface area (Å²) < 4.78 is 0. The van der Waals surface area contributed by atoms with E-state index in [1.54, 1.807) is 0 Å². The minimum absolute atomic E-state index is 0.0758. The normalized spacial score (nSPS) is 8.62. The summed E-state index contributed by atoms with van der Waals surface area (Å²) >= 11 is 1.32. The van der Waals surface area contributed by atoms with Gasteiger partial charge in [-0.05, 0) is 12.5 Å². The number of rotatable bonds is 3. The van der Waals surface area contributed by atoms with Crippen molar-refractivity contribution in [2.24, 2.45) is 0 Å². The molecule has 0 atom stereocenters. The fourth-order valence-corrected chi connectivity index (χ4v) is 0.785. The molecule has 0 rings (SSSR count). The predicted molar refractivity (Wildman–Crippen MR) is 38.0 cm³/mol. The molecule has 0 saturated heterocycles. The van der Waals surface area contributed by atoms with Crippen LogP contribution in [0.15, 0.2) is 12.7 Å². The molecule has 0 aliphatic heterocycles. The van der Waals surface area contributed by atoms with Gasteiger partial charge in [0.15, 0.2) is 0 Å². The number of hydrogen-bond donors (Lipinski definition) is 0. The van der Waals surface area contributed by atoms with Crippen molar-refractivity contribution in [1.82, 2.24) is 0 Å². The molecule has 0 amide bonds. The maximum Gasteiger partial charge on any atom is 0.211 e. The van der Waals surface area contributed by atoms with E-state index in [-0.39, 0.29) is 5.12 Å². The van der Waals surface area contributed by atoms with Gasteiger partial charge in [0.05, 0.1) is 0 Å². The van der Waals surface area contributed by atoms with Gasteiger partial charge in [0.25, 0.3) is 0 Å². The maximum absolute atomic E-state index is 10.4. The van der Waals surface area contributed by atoms with Gasteiger partial charge in [-0.1, -0.05) is 25.3 Å². The Morgan fingerprint density at radius 1 is 1.88 bits per heavy atom. The van der Waals surface area contributed by atoms with Crippen LogP contribution >= 0.6 is 11.8 Å². The number of thioether (sulfide) groups is 1. The molecule has 0 aromatic rings. The molecule has 0 aliphatic carbocycles. The van der Waals surface area contributed by atoms with Crippen molar-refractivity contribution in [3.05, 3.63) is 12.7 Å². The average Bonchev–Trinajstić information content (AvgIpc) is 1.83. The first-order valence-corrected chi connectivity index (χ1v) is 3.59. The van der Waals surface area contributed by atoms with Gasteiger partial charge in [-0.2, -0.15) is 0 Å². The summed E-state index contributed by atoms with van der Waals surface area (Å²) in [5.41, 5.74) is 0. The Labute approximate surface area is 54.2 Å². The lowest BCUT2D eigenvalue weighted by atomic mass is 10.6. The van der Waals surface area contributed by atoms with Crippen LogP contribution in [0.1, 0.15) is 13.3 Å². The smallest absolute Gasteiger partial charge is 0.211 e. The van der Waals surface area contributed by atoms with Crippen LogP contribution in [0.25, 0.3) is 0 Å². The summed E-state index contributed by atoms with van der Waals surface area (Å²) in [6, 6.07) is 0. The summed E-state index contributed by atoms with van der Waals surface area (Å²) in [6.07, 6.45) is 2.39. The summed E-state index contributed by atoms with van der Waals surface area (Å²) in [5, 5.41) is 0.0758. The second-order valence-electron chi connectivity index (χ2n) is 1.37. The molecule has 1 nitrogen and oxygen atoms in total. The van der Waals surface area contributed by atoms with Gasteiger partial charge < -0.3 is 0 Å². The molecule has 8 heavy (non-hydrogen) atoms. The van der Waals surface area contributed by atoms with Crippen LogP contribution in [0, 0.1) is 0 Å². The van der Waals surface area contributed by atoms with Crippen LogP contribution in [0.5, 0.6) is 0 Å². The van der Waals surface area contributed by atoms with E-state index >= 15 is 0 Å². The van der Waals surface area contributed by atoms with Crippen molar-refractivity contribution < 1.29 is 4.79 Å². The Balaban J connectivity index is 3.11. The van der Waals surface area contributed by atoms with Crippen LogP contribution in [0.2, 0.25) is 0 Å². The lowest BCUT2D eigenvalue weighted by Gasteiger charge is -1.87. The van der Waals surface area contributed by atoms with Crippen molar-refractivity contribution in [2.45, 2.75) is 13.3 Å². The minimum atomic E-state index is 0.0758. The highest BCUT2D eigenvalue weighted by molar-refractivity contribution is 8.14. The monoisotopic (exact) mass is 130 g/mol. The highest BCUT2D eigenvalue weighted by Crippen LogP contribution is 2.02. The molecule has 0 radical (unpaired) electrons. The Morgan fingerprint density at radius 2 is 2.50 bits per heavy atom. The average molecular weight is 130 g/mol. The Hall–Kier alpha value is -0.240. The first-order chi connectivity index (χ1) is 3.81. The number of hydrogen-bond acceptors (Lipinski definition) is 2. The predicted octanol–water partition coefficient (Wildman–Crippen LogP) is 1.84. The summed E-state index contributed by atoms with van der Waals surface area (Å²) in [5.74, 6) is 0.908. The largest absolute Gasteiger partial charge is 0.282 e. The summed E-state index contributed by atoms with van der Waals surface area (Å²) in [7, 11) is 0. The van der Waals surface area contributed by atoms with E-state index in [0.29, 0.717) is 0 Å². The van der Waals surface area contributed by atoms with Gasteiger partial charge in [-0.25, -0.2) is 0 Å². The lowest BCUT2D eigenvalue weighted by Crippen LogP contribution is -1.84. The van der Waals surface area contributed by atoms with Crippen LogP contribution < -0.4 is 0 Å². The van der Waals surface area contributed by atoms with E-state index in [1.165, 1.54) is 17.8 Å². The number of carbonyl (C=O) groups excluding carboxylic acids is 1. The quantitative estimate of drug-likeness (QED) is 0.542. The summed E-state index contributed by atoms with van der Waals surface area (Å²) in [4.78, 5) is 10.4. The molecule has 46 valence electrons. The molecule has 0 bridgehead atoms. The third kappa shape index (κ3) is 3.93. The zero-order valence-corrected chi connectivity index (χ0v) is 5.83. The van der Waals surface area contributed by atoms with E-state index in [1.807, 2.05) is 6.92 Å². The van der Waals surface area contributed by atoms with E-state index < -0.39 is 0 Å². The maximum atomic E-state index is 10.4. The van der Waals surface area contributed by atoms with Gasteiger partial charge in [0.1, 0.15) is 0 Å². The zero-order chi connectivity index (χ0) is 6.41. The van der Waals surface area contributed by atoms with Crippen molar-refractivity contribution in [3.63, 3.8) is 0 Å². The first-order valence-electron chi connectivity index (χ1n) is 2.60. The second kappa shape index (κ2) is 4.91. The van der Waals surface area contributed by atoms with Gasteiger partial charge >= 0.3 is 0 Å². The molecule has 0 saturated carbocycles. The molecule has 0 N–H and O–H groups in total. The molecule has 0 unspecified atom stereocenters. The first kappa shape index (κ1) is 7.76. The van der Waals surface area contributed by atoms with E-state index in [4.69, 9.17) is 0 Å². The SMILES string of the molecule is C=CC(=O)SCCC. The topological polar surface area (TPSA) is 17.1 Å². The van der Waals surface area contributed by atoms with E-state index in [9.17, 15) is 4.79 Å². The van der Waals surface area contributed by atoms with Gasteiger partial charge in [0.2, 0.25) is 5.12 Å². The molecule has 0 fully saturated rings. The minimum Gasteiger partial charge on any atom is -0.282 e. The van der Waals surface area contributed by atoms with Gasteiger partial charge in [-0.3, -0.25) is 4.79 Å². The third-order valence-corrected chi connectivity index (χ3v) is 1.68. The molecule has 0 spiro atoms. The van der Waals surface area contributed by atoms with E-state index in [0.717, 1.165) is 12.2 Å². The fourth-order valence-electron chi connectivity index (χ4n) is 0.262. The van der Waals surface area contributed by atoms with Crippen molar-refractivity contribution in [3.8, 4) is 0 Å². The van der Waals surface area contributed by atoms with Gasteiger partial charge in [0, 0.05) is 5.75 Å². The van der Waals surface area contributed by atoms with E-state index in [2.05, 4.69) is 6.58 Å². The van der Waals surface area contributed by atoms with Crippen LogP contribution in [0.4, 0.5) is 0 Å². The molecule has 0 aromatic carbocycles. The van der Waals surface area contributed by atoms with Gasteiger partial charge in [-0.15, -0.1) is 0 Å². The number of carbonyl (C=O) groups is 1. The van der Waals surface area contributed by atoms with Crippen LogP contribution in [-0.2, 0) is 4.79 Å².